The highest BCUT2D eigenvalue weighted by Gasteiger charge is 2.31. The maximum absolute atomic E-state index is 11.7. The number of nitrogens with one attached hydrogen (secondary N) is 1. The van der Waals surface area contributed by atoms with Gasteiger partial charge in [0.05, 0.1) is 5.60 Å². The maximum Gasteiger partial charge on any atom is 0.224 e. The normalized spacial score (nSPS) is 23.2. The molecule has 0 aromatic carbocycles. The smallest absolute Gasteiger partial charge is 0.224 e. The molecule has 1 saturated carbocycles. The molecule has 0 bridgehead atoms. The predicted molar refractivity (Wildman–Crippen MR) is 67.6 cm³/mol. The number of rotatable bonds is 4. The molecule has 2 rings (SSSR count). The molecule has 0 spiro atoms. The van der Waals surface area contributed by atoms with Gasteiger partial charge in [-0.1, -0.05) is 24.5 Å². The Morgan fingerprint density at radius 2 is 2.06 bits per heavy atom. The fourth-order valence-corrected chi connectivity index (χ4v) is 2.81. The molecule has 0 saturated heterocycles. The lowest BCUT2D eigenvalue weighted by Crippen LogP contribution is -2.40. The molecule has 0 aromatic heterocycles. The molecule has 17 heavy (non-hydrogen) atoms. The van der Waals surface area contributed by atoms with Gasteiger partial charge in [-0.15, -0.1) is 0 Å². The molecule has 0 atom stereocenters. The molecule has 2 N–H and O–H groups in total. The molecule has 0 radical (unpaired) electrons. The van der Waals surface area contributed by atoms with E-state index in [9.17, 15) is 9.90 Å². The third-order valence-electron chi connectivity index (χ3n) is 3.92. The topological polar surface area (TPSA) is 49.3 Å². The molecule has 0 aromatic rings. The molecule has 1 amide bonds. The van der Waals surface area contributed by atoms with Crippen LogP contribution >= 0.6 is 0 Å². The monoisotopic (exact) mass is 237 g/mol. The summed E-state index contributed by atoms with van der Waals surface area (Å²) < 4.78 is 0. The van der Waals surface area contributed by atoms with Crippen LogP contribution in [0.2, 0.25) is 0 Å². The average Bonchev–Trinajstić information content (AvgIpc) is 2.76. The van der Waals surface area contributed by atoms with Gasteiger partial charge in [-0.2, -0.15) is 0 Å². The molecular weight excluding hydrogens is 214 g/mol. The Morgan fingerprint density at radius 3 is 2.71 bits per heavy atom. The number of allylic oxidation sites excluding steroid dienone is 1. The van der Waals surface area contributed by atoms with E-state index < -0.39 is 5.60 Å². The molecule has 1 fully saturated rings. The summed E-state index contributed by atoms with van der Waals surface area (Å²) in [5, 5.41) is 13.0. The minimum atomic E-state index is -0.628. The van der Waals surface area contributed by atoms with Crippen molar-refractivity contribution < 1.29 is 9.90 Å². The van der Waals surface area contributed by atoms with Crippen molar-refractivity contribution in [2.24, 2.45) is 0 Å². The lowest BCUT2D eigenvalue weighted by Gasteiger charge is -2.22. The standard InChI is InChI=1S/C14H23NO2/c16-13(10-12-6-2-1-3-7-12)15-11-14(17)8-4-5-9-14/h6,17H,1-5,7-11H2,(H,15,16). The van der Waals surface area contributed by atoms with Gasteiger partial charge in [-0.3, -0.25) is 4.79 Å². The second-order valence-corrected chi connectivity index (χ2v) is 5.49. The predicted octanol–water partition coefficient (Wildman–Crippen LogP) is 2.30. The van der Waals surface area contributed by atoms with Crippen LogP contribution in [0.3, 0.4) is 0 Å². The first-order valence-electron chi connectivity index (χ1n) is 6.85. The minimum absolute atomic E-state index is 0.0680. The minimum Gasteiger partial charge on any atom is -0.388 e. The Hall–Kier alpha value is -0.830. The van der Waals surface area contributed by atoms with Gasteiger partial charge in [0.1, 0.15) is 0 Å². The molecule has 0 unspecified atom stereocenters. The zero-order chi connectivity index (χ0) is 12.1. The van der Waals surface area contributed by atoms with Gasteiger partial charge >= 0.3 is 0 Å². The molecule has 0 aliphatic heterocycles. The summed E-state index contributed by atoms with van der Waals surface area (Å²) in [6.07, 6.45) is 11.2. The Balaban J connectivity index is 1.71. The first kappa shape index (κ1) is 12.6. The van der Waals surface area contributed by atoms with Crippen molar-refractivity contribution in [3.63, 3.8) is 0 Å². The second-order valence-electron chi connectivity index (χ2n) is 5.49. The van der Waals surface area contributed by atoms with Crippen molar-refractivity contribution in [3.05, 3.63) is 11.6 Å². The van der Waals surface area contributed by atoms with E-state index in [0.717, 1.165) is 38.5 Å². The fraction of sp³-hybridized carbons (Fsp3) is 0.786. The number of hydrogen-bond donors (Lipinski definition) is 2. The van der Waals surface area contributed by atoms with Crippen molar-refractivity contribution >= 4 is 5.91 Å². The van der Waals surface area contributed by atoms with Gasteiger partial charge < -0.3 is 10.4 Å². The number of aliphatic hydroxyl groups is 1. The molecule has 3 heteroatoms. The van der Waals surface area contributed by atoms with Crippen molar-refractivity contribution in [1.82, 2.24) is 5.32 Å². The van der Waals surface area contributed by atoms with Crippen molar-refractivity contribution in [2.75, 3.05) is 6.54 Å². The van der Waals surface area contributed by atoms with Crippen molar-refractivity contribution in [2.45, 2.75) is 63.4 Å². The van der Waals surface area contributed by atoms with Crippen LogP contribution in [0.5, 0.6) is 0 Å². The SMILES string of the molecule is O=C(CC1=CCCCC1)NCC1(O)CCCC1. The summed E-state index contributed by atoms with van der Waals surface area (Å²) >= 11 is 0. The number of carbonyl (C=O) groups is 1. The van der Waals surface area contributed by atoms with E-state index in [1.807, 2.05) is 0 Å². The maximum atomic E-state index is 11.7. The van der Waals surface area contributed by atoms with E-state index in [4.69, 9.17) is 0 Å². The van der Waals surface area contributed by atoms with E-state index in [1.54, 1.807) is 0 Å². The van der Waals surface area contributed by atoms with Crippen LogP contribution in [0.15, 0.2) is 11.6 Å². The molecule has 96 valence electrons. The van der Waals surface area contributed by atoms with E-state index >= 15 is 0 Å². The summed E-state index contributed by atoms with van der Waals surface area (Å²) in [6.45, 7) is 0.430. The van der Waals surface area contributed by atoms with Gasteiger partial charge in [0.2, 0.25) is 5.91 Å². The second kappa shape index (κ2) is 5.67. The van der Waals surface area contributed by atoms with Crippen LogP contribution in [0.4, 0.5) is 0 Å². The van der Waals surface area contributed by atoms with Crippen LogP contribution in [0.25, 0.3) is 0 Å². The van der Waals surface area contributed by atoms with Gasteiger partial charge in [0.25, 0.3) is 0 Å². The zero-order valence-corrected chi connectivity index (χ0v) is 10.5. The molecule has 3 nitrogen and oxygen atoms in total. The third-order valence-corrected chi connectivity index (χ3v) is 3.92. The zero-order valence-electron chi connectivity index (χ0n) is 10.5. The van der Waals surface area contributed by atoms with Gasteiger partial charge in [0.15, 0.2) is 0 Å². The first-order valence-corrected chi connectivity index (χ1v) is 6.85. The molecule has 0 heterocycles. The van der Waals surface area contributed by atoms with Gasteiger partial charge in [-0.25, -0.2) is 0 Å². The molecule has 2 aliphatic carbocycles. The number of carbonyl (C=O) groups excluding carboxylic acids is 1. The van der Waals surface area contributed by atoms with Crippen LogP contribution < -0.4 is 5.32 Å². The Bertz CT molecular complexity index is 303. The Kier molecular flexibility index (Phi) is 4.21. The summed E-state index contributed by atoms with van der Waals surface area (Å²) in [7, 11) is 0. The van der Waals surface area contributed by atoms with E-state index in [-0.39, 0.29) is 5.91 Å². The largest absolute Gasteiger partial charge is 0.388 e. The Labute approximate surface area is 103 Å². The van der Waals surface area contributed by atoms with Crippen LogP contribution in [0, 0.1) is 0 Å². The Morgan fingerprint density at radius 1 is 1.29 bits per heavy atom. The number of hydrogen-bond acceptors (Lipinski definition) is 2. The van der Waals surface area contributed by atoms with Crippen LogP contribution in [-0.2, 0) is 4.79 Å². The first-order chi connectivity index (χ1) is 8.18. The van der Waals surface area contributed by atoms with E-state index in [2.05, 4.69) is 11.4 Å². The average molecular weight is 237 g/mol. The van der Waals surface area contributed by atoms with Crippen LogP contribution in [-0.4, -0.2) is 23.2 Å². The summed E-state index contributed by atoms with van der Waals surface area (Å²) in [6, 6.07) is 0. The molecular formula is C14H23NO2. The van der Waals surface area contributed by atoms with Gasteiger partial charge in [0, 0.05) is 13.0 Å². The van der Waals surface area contributed by atoms with E-state index in [1.165, 1.54) is 18.4 Å². The summed E-state index contributed by atoms with van der Waals surface area (Å²) in [5.41, 5.74) is 0.642. The van der Waals surface area contributed by atoms with E-state index in [0.29, 0.717) is 13.0 Å². The summed E-state index contributed by atoms with van der Waals surface area (Å²) in [5.74, 6) is 0.0680. The lowest BCUT2D eigenvalue weighted by molar-refractivity contribution is -0.121. The summed E-state index contributed by atoms with van der Waals surface area (Å²) in [4.78, 5) is 11.7. The quantitative estimate of drug-likeness (QED) is 0.737. The lowest BCUT2D eigenvalue weighted by atomic mass is 9.97. The van der Waals surface area contributed by atoms with Crippen molar-refractivity contribution in [1.29, 1.82) is 0 Å². The fourth-order valence-electron chi connectivity index (χ4n) is 2.81. The highest BCUT2D eigenvalue weighted by atomic mass is 16.3. The highest BCUT2D eigenvalue weighted by Crippen LogP contribution is 2.28. The van der Waals surface area contributed by atoms with Crippen molar-refractivity contribution in [3.8, 4) is 0 Å². The molecule has 2 aliphatic rings. The highest BCUT2D eigenvalue weighted by molar-refractivity contribution is 5.78. The number of amides is 1. The van der Waals surface area contributed by atoms with Gasteiger partial charge in [-0.05, 0) is 38.5 Å². The third kappa shape index (κ3) is 3.84. The van der Waals surface area contributed by atoms with Crippen LogP contribution in [0.1, 0.15) is 57.8 Å².